The van der Waals surface area contributed by atoms with Crippen LogP contribution < -0.4 is 5.32 Å². The number of nitrogens with one attached hydrogen (secondary N) is 1. The molecule has 100 valence electrons. The van der Waals surface area contributed by atoms with Gasteiger partial charge in [-0.2, -0.15) is 0 Å². The first-order valence-electron chi connectivity index (χ1n) is 7.19. The third-order valence-electron chi connectivity index (χ3n) is 3.89. The highest BCUT2D eigenvalue weighted by atomic mass is 16.3. The van der Waals surface area contributed by atoms with Crippen LogP contribution in [0, 0.1) is 5.92 Å². The highest BCUT2D eigenvalue weighted by Crippen LogP contribution is 2.23. The Morgan fingerprint density at radius 2 is 2.06 bits per heavy atom. The third kappa shape index (κ3) is 4.43. The SMILES string of the molecule is CC1CCCC(NCC(O)Cc2ccccc2)C1. The summed E-state index contributed by atoms with van der Waals surface area (Å²) in [5.74, 6) is 0.836. The summed E-state index contributed by atoms with van der Waals surface area (Å²) in [4.78, 5) is 0. The standard InChI is InChI=1S/C16H25NO/c1-13-6-5-9-15(10-13)17-12-16(18)11-14-7-3-2-4-8-14/h2-4,7-8,13,15-18H,5-6,9-12H2,1H3. The molecule has 0 bridgehead atoms. The lowest BCUT2D eigenvalue weighted by Crippen LogP contribution is -2.39. The van der Waals surface area contributed by atoms with Gasteiger partial charge in [0.2, 0.25) is 0 Å². The van der Waals surface area contributed by atoms with Crippen LogP contribution in [0.5, 0.6) is 0 Å². The molecule has 0 radical (unpaired) electrons. The van der Waals surface area contributed by atoms with Crippen molar-refractivity contribution in [2.45, 2.75) is 51.2 Å². The third-order valence-corrected chi connectivity index (χ3v) is 3.89. The second kappa shape index (κ2) is 6.91. The van der Waals surface area contributed by atoms with Crippen molar-refractivity contribution in [2.24, 2.45) is 5.92 Å². The van der Waals surface area contributed by atoms with Crippen molar-refractivity contribution in [1.82, 2.24) is 5.32 Å². The normalized spacial score (nSPS) is 25.9. The molecule has 1 aliphatic carbocycles. The van der Waals surface area contributed by atoms with Gasteiger partial charge in [0.05, 0.1) is 6.10 Å². The van der Waals surface area contributed by atoms with Crippen molar-refractivity contribution in [1.29, 1.82) is 0 Å². The molecule has 18 heavy (non-hydrogen) atoms. The Bertz CT molecular complexity index is 338. The first kappa shape index (κ1) is 13.6. The highest BCUT2D eigenvalue weighted by Gasteiger charge is 2.19. The molecule has 3 atom stereocenters. The fraction of sp³-hybridized carbons (Fsp3) is 0.625. The van der Waals surface area contributed by atoms with Gasteiger partial charge in [-0.15, -0.1) is 0 Å². The van der Waals surface area contributed by atoms with Gasteiger partial charge in [-0.3, -0.25) is 0 Å². The summed E-state index contributed by atoms with van der Waals surface area (Å²) in [6.07, 6.45) is 5.69. The van der Waals surface area contributed by atoms with Gasteiger partial charge in [0.15, 0.2) is 0 Å². The lowest BCUT2D eigenvalue weighted by Gasteiger charge is -2.28. The van der Waals surface area contributed by atoms with E-state index in [1.165, 1.54) is 31.2 Å². The van der Waals surface area contributed by atoms with E-state index in [0.717, 1.165) is 12.3 Å². The molecule has 2 N–H and O–H groups in total. The van der Waals surface area contributed by atoms with Gasteiger partial charge in [-0.05, 0) is 30.7 Å². The maximum atomic E-state index is 10.0. The van der Waals surface area contributed by atoms with E-state index in [-0.39, 0.29) is 6.10 Å². The zero-order chi connectivity index (χ0) is 12.8. The zero-order valence-corrected chi connectivity index (χ0v) is 11.3. The average molecular weight is 247 g/mol. The zero-order valence-electron chi connectivity index (χ0n) is 11.3. The molecule has 1 fully saturated rings. The predicted molar refractivity (Wildman–Crippen MR) is 75.6 cm³/mol. The van der Waals surface area contributed by atoms with Crippen molar-refractivity contribution in [3.63, 3.8) is 0 Å². The molecule has 1 aromatic carbocycles. The van der Waals surface area contributed by atoms with E-state index in [2.05, 4.69) is 24.4 Å². The molecule has 2 rings (SSSR count). The van der Waals surface area contributed by atoms with Crippen LogP contribution in [0.3, 0.4) is 0 Å². The molecular weight excluding hydrogens is 222 g/mol. The van der Waals surface area contributed by atoms with Gasteiger partial charge in [-0.25, -0.2) is 0 Å². The summed E-state index contributed by atoms with van der Waals surface area (Å²) >= 11 is 0. The molecule has 0 heterocycles. The minimum atomic E-state index is -0.273. The Kier molecular flexibility index (Phi) is 5.21. The van der Waals surface area contributed by atoms with Gasteiger partial charge in [0, 0.05) is 12.6 Å². The molecule has 0 saturated heterocycles. The summed E-state index contributed by atoms with van der Waals surface area (Å²) in [6.45, 7) is 3.04. The molecule has 0 aromatic heterocycles. The lowest BCUT2D eigenvalue weighted by atomic mass is 9.87. The monoisotopic (exact) mass is 247 g/mol. The van der Waals surface area contributed by atoms with Crippen LogP contribution >= 0.6 is 0 Å². The number of aliphatic hydroxyl groups excluding tert-OH is 1. The van der Waals surface area contributed by atoms with Crippen molar-refractivity contribution < 1.29 is 5.11 Å². The van der Waals surface area contributed by atoms with Crippen LogP contribution in [0.2, 0.25) is 0 Å². The van der Waals surface area contributed by atoms with Crippen LogP contribution in [-0.4, -0.2) is 23.8 Å². The summed E-state index contributed by atoms with van der Waals surface area (Å²) < 4.78 is 0. The molecule has 1 aromatic rings. The van der Waals surface area contributed by atoms with E-state index in [1.807, 2.05) is 18.2 Å². The van der Waals surface area contributed by atoms with Gasteiger partial charge < -0.3 is 10.4 Å². The summed E-state index contributed by atoms with van der Waals surface area (Å²) in [7, 11) is 0. The lowest BCUT2D eigenvalue weighted by molar-refractivity contribution is 0.160. The fourth-order valence-corrected chi connectivity index (χ4v) is 2.88. The quantitative estimate of drug-likeness (QED) is 0.838. The Balaban J connectivity index is 1.70. The second-order valence-electron chi connectivity index (χ2n) is 5.72. The fourth-order valence-electron chi connectivity index (χ4n) is 2.88. The van der Waals surface area contributed by atoms with Crippen LogP contribution in [0.4, 0.5) is 0 Å². The van der Waals surface area contributed by atoms with E-state index in [1.54, 1.807) is 0 Å². The van der Waals surface area contributed by atoms with E-state index in [4.69, 9.17) is 0 Å². The molecule has 0 spiro atoms. The number of rotatable bonds is 5. The Labute approximate surface area is 110 Å². The molecule has 2 heteroatoms. The summed E-state index contributed by atoms with van der Waals surface area (Å²) in [5.41, 5.74) is 1.21. The largest absolute Gasteiger partial charge is 0.391 e. The Morgan fingerprint density at radius 1 is 1.28 bits per heavy atom. The molecule has 1 aliphatic rings. The molecule has 0 aliphatic heterocycles. The number of aliphatic hydroxyl groups is 1. The Hall–Kier alpha value is -0.860. The van der Waals surface area contributed by atoms with E-state index < -0.39 is 0 Å². The molecular formula is C16H25NO. The van der Waals surface area contributed by atoms with Gasteiger partial charge in [-0.1, -0.05) is 50.1 Å². The summed E-state index contributed by atoms with van der Waals surface area (Å²) in [6, 6.07) is 10.8. The first-order chi connectivity index (χ1) is 8.74. The minimum Gasteiger partial charge on any atom is -0.391 e. The van der Waals surface area contributed by atoms with Crippen LogP contribution in [0.1, 0.15) is 38.2 Å². The minimum absolute atomic E-state index is 0.273. The number of benzene rings is 1. The molecule has 3 unspecified atom stereocenters. The van der Waals surface area contributed by atoms with Gasteiger partial charge in [0.1, 0.15) is 0 Å². The average Bonchev–Trinajstić information content (AvgIpc) is 2.38. The smallest absolute Gasteiger partial charge is 0.0704 e. The maximum Gasteiger partial charge on any atom is 0.0704 e. The van der Waals surface area contributed by atoms with E-state index >= 15 is 0 Å². The highest BCUT2D eigenvalue weighted by molar-refractivity contribution is 5.15. The maximum absolute atomic E-state index is 10.0. The van der Waals surface area contributed by atoms with Crippen molar-refractivity contribution >= 4 is 0 Å². The number of hydrogen-bond acceptors (Lipinski definition) is 2. The van der Waals surface area contributed by atoms with Crippen LogP contribution in [0.25, 0.3) is 0 Å². The van der Waals surface area contributed by atoms with Gasteiger partial charge >= 0.3 is 0 Å². The second-order valence-corrected chi connectivity index (χ2v) is 5.72. The molecule has 2 nitrogen and oxygen atoms in total. The van der Waals surface area contributed by atoms with Crippen molar-refractivity contribution in [3.8, 4) is 0 Å². The Morgan fingerprint density at radius 3 is 2.78 bits per heavy atom. The topological polar surface area (TPSA) is 32.3 Å². The molecule has 1 saturated carbocycles. The van der Waals surface area contributed by atoms with E-state index in [9.17, 15) is 5.11 Å². The van der Waals surface area contributed by atoms with Crippen molar-refractivity contribution in [3.05, 3.63) is 35.9 Å². The number of hydrogen-bond donors (Lipinski definition) is 2. The van der Waals surface area contributed by atoms with Crippen LogP contribution in [0.15, 0.2) is 30.3 Å². The van der Waals surface area contributed by atoms with Crippen LogP contribution in [-0.2, 0) is 6.42 Å². The first-order valence-corrected chi connectivity index (χ1v) is 7.19. The predicted octanol–water partition coefficient (Wildman–Crippen LogP) is 2.76. The summed E-state index contributed by atoms with van der Waals surface area (Å²) in [5, 5.41) is 13.6. The van der Waals surface area contributed by atoms with E-state index in [0.29, 0.717) is 12.6 Å². The molecule has 0 amide bonds. The van der Waals surface area contributed by atoms with Crippen molar-refractivity contribution in [2.75, 3.05) is 6.54 Å². The van der Waals surface area contributed by atoms with Gasteiger partial charge in [0.25, 0.3) is 0 Å².